The number of amides is 1. The van der Waals surface area contributed by atoms with Gasteiger partial charge in [0.25, 0.3) is 11.5 Å². The van der Waals surface area contributed by atoms with Crippen LogP contribution in [0.2, 0.25) is 0 Å². The molecule has 1 aliphatic carbocycles. The predicted molar refractivity (Wildman–Crippen MR) is 130 cm³/mol. The fraction of sp³-hybridized carbons (Fsp3) is 0.333. The van der Waals surface area contributed by atoms with Crippen LogP contribution in [0.1, 0.15) is 53.0 Å². The SMILES string of the molecule is CC(NC(=O)COC(=O)c1ccc(=O)n(CCOc2ccccc2)n1)c1ccc2c(c1)CCCC2. The van der Waals surface area contributed by atoms with Crippen LogP contribution in [0.5, 0.6) is 5.75 Å². The maximum absolute atomic E-state index is 12.4. The van der Waals surface area contributed by atoms with Crippen molar-refractivity contribution in [1.29, 1.82) is 0 Å². The van der Waals surface area contributed by atoms with Gasteiger partial charge in [-0.05, 0) is 67.5 Å². The van der Waals surface area contributed by atoms with Crippen LogP contribution < -0.4 is 15.6 Å². The standard InChI is InChI=1S/C27H29N3O5/c1-19(21-12-11-20-7-5-6-8-22(20)17-21)28-25(31)18-35-27(33)24-13-14-26(32)30(29-24)15-16-34-23-9-3-2-4-10-23/h2-4,9-14,17,19H,5-8,15-16,18H2,1H3,(H,28,31). The van der Waals surface area contributed by atoms with Crippen LogP contribution in [0, 0.1) is 0 Å². The second kappa shape index (κ2) is 11.5. The highest BCUT2D eigenvalue weighted by atomic mass is 16.5. The maximum atomic E-state index is 12.4. The van der Waals surface area contributed by atoms with Crippen molar-refractivity contribution >= 4 is 11.9 Å². The minimum atomic E-state index is -0.778. The quantitative estimate of drug-likeness (QED) is 0.477. The number of carbonyl (C=O) groups excluding carboxylic acids is 2. The van der Waals surface area contributed by atoms with E-state index in [9.17, 15) is 14.4 Å². The van der Waals surface area contributed by atoms with E-state index < -0.39 is 18.5 Å². The Bertz CT molecular complexity index is 1240. The van der Waals surface area contributed by atoms with Crippen LogP contribution in [0.15, 0.2) is 65.5 Å². The highest BCUT2D eigenvalue weighted by Gasteiger charge is 2.17. The Kier molecular flexibility index (Phi) is 7.92. The second-order valence-corrected chi connectivity index (χ2v) is 8.54. The Labute approximate surface area is 203 Å². The minimum Gasteiger partial charge on any atom is -0.492 e. The molecule has 8 nitrogen and oxygen atoms in total. The number of aryl methyl sites for hydroxylation is 2. The number of para-hydroxylation sites is 1. The monoisotopic (exact) mass is 475 g/mol. The molecule has 1 atom stereocenters. The van der Waals surface area contributed by atoms with Crippen molar-refractivity contribution < 1.29 is 19.1 Å². The lowest BCUT2D eigenvalue weighted by molar-refractivity contribution is -0.124. The van der Waals surface area contributed by atoms with E-state index in [-0.39, 0.29) is 30.4 Å². The van der Waals surface area contributed by atoms with Gasteiger partial charge in [0.15, 0.2) is 12.3 Å². The molecule has 3 aromatic rings. The number of rotatable bonds is 9. The molecule has 0 bridgehead atoms. The van der Waals surface area contributed by atoms with Crippen molar-refractivity contribution in [2.75, 3.05) is 13.2 Å². The molecule has 0 saturated heterocycles. The summed E-state index contributed by atoms with van der Waals surface area (Å²) in [5, 5.41) is 6.91. The molecule has 35 heavy (non-hydrogen) atoms. The summed E-state index contributed by atoms with van der Waals surface area (Å²) in [5.74, 6) is -0.515. The summed E-state index contributed by atoms with van der Waals surface area (Å²) in [6.45, 7) is 1.83. The third-order valence-corrected chi connectivity index (χ3v) is 5.98. The van der Waals surface area contributed by atoms with Crippen molar-refractivity contribution in [3.05, 3.63) is 93.4 Å². The summed E-state index contributed by atoms with van der Waals surface area (Å²) in [6, 6.07) is 17.8. The molecular formula is C27H29N3O5. The lowest BCUT2D eigenvalue weighted by Crippen LogP contribution is -2.32. The molecular weight excluding hydrogens is 446 g/mol. The molecule has 0 fully saturated rings. The summed E-state index contributed by atoms with van der Waals surface area (Å²) in [5.41, 5.74) is 3.33. The number of fused-ring (bicyclic) bond motifs is 1. The van der Waals surface area contributed by atoms with Crippen LogP contribution >= 0.6 is 0 Å². The molecule has 0 spiro atoms. The Hall–Kier alpha value is -3.94. The molecule has 1 N–H and O–H groups in total. The molecule has 1 aromatic heterocycles. The molecule has 0 aliphatic heterocycles. The lowest BCUT2D eigenvalue weighted by atomic mass is 9.89. The Morgan fingerprint density at radius 3 is 2.60 bits per heavy atom. The van der Waals surface area contributed by atoms with E-state index in [1.807, 2.05) is 43.3 Å². The first kappa shape index (κ1) is 24.2. The zero-order valence-corrected chi connectivity index (χ0v) is 19.7. The third kappa shape index (κ3) is 6.56. The number of benzene rings is 2. The van der Waals surface area contributed by atoms with Gasteiger partial charge in [-0.25, -0.2) is 9.48 Å². The number of nitrogens with one attached hydrogen (secondary N) is 1. The van der Waals surface area contributed by atoms with E-state index in [2.05, 4.69) is 22.5 Å². The Morgan fingerprint density at radius 1 is 1.03 bits per heavy atom. The molecule has 8 heteroatoms. The number of hydrogen-bond acceptors (Lipinski definition) is 6. The van der Waals surface area contributed by atoms with Crippen LogP contribution in [0.25, 0.3) is 0 Å². The molecule has 1 aliphatic rings. The zero-order valence-electron chi connectivity index (χ0n) is 19.7. The Morgan fingerprint density at radius 2 is 1.80 bits per heavy atom. The van der Waals surface area contributed by atoms with Gasteiger partial charge in [0.2, 0.25) is 0 Å². The van der Waals surface area contributed by atoms with Crippen molar-refractivity contribution in [2.24, 2.45) is 0 Å². The summed E-state index contributed by atoms with van der Waals surface area (Å²) < 4.78 is 11.8. The maximum Gasteiger partial charge on any atom is 0.359 e. The normalized spacial score (nSPS) is 13.4. The van der Waals surface area contributed by atoms with E-state index >= 15 is 0 Å². The van der Waals surface area contributed by atoms with Gasteiger partial charge in [-0.1, -0.05) is 36.4 Å². The van der Waals surface area contributed by atoms with E-state index in [1.165, 1.54) is 36.1 Å². The second-order valence-electron chi connectivity index (χ2n) is 8.54. The predicted octanol–water partition coefficient (Wildman–Crippen LogP) is 3.24. The van der Waals surface area contributed by atoms with Crippen LogP contribution in [0.3, 0.4) is 0 Å². The third-order valence-electron chi connectivity index (χ3n) is 5.98. The van der Waals surface area contributed by atoms with E-state index in [1.54, 1.807) is 0 Å². The van der Waals surface area contributed by atoms with Gasteiger partial charge in [-0.15, -0.1) is 0 Å². The average Bonchev–Trinajstić information content (AvgIpc) is 2.88. The molecule has 1 amide bonds. The number of ether oxygens (including phenoxy) is 2. The van der Waals surface area contributed by atoms with Gasteiger partial charge in [0.05, 0.1) is 12.6 Å². The van der Waals surface area contributed by atoms with Crippen LogP contribution in [-0.2, 0) is 28.9 Å². The van der Waals surface area contributed by atoms with E-state index in [0.29, 0.717) is 5.75 Å². The van der Waals surface area contributed by atoms with Gasteiger partial charge in [0.1, 0.15) is 12.4 Å². The van der Waals surface area contributed by atoms with Crippen LogP contribution in [-0.4, -0.2) is 34.9 Å². The lowest BCUT2D eigenvalue weighted by Gasteiger charge is -2.20. The number of hydrogen-bond donors (Lipinski definition) is 1. The molecule has 4 rings (SSSR count). The zero-order chi connectivity index (χ0) is 24.6. The summed E-state index contributed by atoms with van der Waals surface area (Å²) >= 11 is 0. The molecule has 2 aromatic carbocycles. The highest BCUT2D eigenvalue weighted by molar-refractivity contribution is 5.89. The minimum absolute atomic E-state index is 0.0557. The summed E-state index contributed by atoms with van der Waals surface area (Å²) in [4.78, 5) is 36.9. The van der Waals surface area contributed by atoms with Gasteiger partial charge in [-0.3, -0.25) is 9.59 Å². The molecule has 182 valence electrons. The van der Waals surface area contributed by atoms with Gasteiger partial charge >= 0.3 is 5.97 Å². The fourth-order valence-corrected chi connectivity index (χ4v) is 4.08. The van der Waals surface area contributed by atoms with Gasteiger partial charge in [0, 0.05) is 6.07 Å². The first-order valence-electron chi connectivity index (χ1n) is 11.8. The number of aromatic nitrogens is 2. The van der Waals surface area contributed by atoms with Gasteiger partial charge < -0.3 is 14.8 Å². The van der Waals surface area contributed by atoms with Gasteiger partial charge in [-0.2, -0.15) is 5.10 Å². The first-order chi connectivity index (χ1) is 17.0. The van der Waals surface area contributed by atoms with Crippen molar-refractivity contribution in [1.82, 2.24) is 15.1 Å². The average molecular weight is 476 g/mol. The van der Waals surface area contributed by atoms with E-state index in [0.717, 1.165) is 23.1 Å². The van der Waals surface area contributed by atoms with Crippen LogP contribution in [0.4, 0.5) is 0 Å². The first-order valence-corrected chi connectivity index (χ1v) is 11.8. The molecule has 1 unspecified atom stereocenters. The molecule has 0 radical (unpaired) electrons. The topological polar surface area (TPSA) is 99.5 Å². The molecule has 1 heterocycles. The summed E-state index contributed by atoms with van der Waals surface area (Å²) in [7, 11) is 0. The van der Waals surface area contributed by atoms with E-state index in [4.69, 9.17) is 9.47 Å². The Balaban J connectivity index is 1.28. The fourth-order valence-electron chi connectivity index (χ4n) is 4.08. The number of esters is 1. The number of carbonyl (C=O) groups is 2. The largest absolute Gasteiger partial charge is 0.492 e. The van der Waals surface area contributed by atoms with Crippen molar-refractivity contribution in [2.45, 2.75) is 45.2 Å². The van der Waals surface area contributed by atoms with Crippen molar-refractivity contribution in [3.8, 4) is 5.75 Å². The smallest absolute Gasteiger partial charge is 0.359 e. The molecule has 0 saturated carbocycles. The van der Waals surface area contributed by atoms with Crippen molar-refractivity contribution in [3.63, 3.8) is 0 Å². The highest BCUT2D eigenvalue weighted by Crippen LogP contribution is 2.24. The number of nitrogens with zero attached hydrogens (tertiary/aromatic N) is 2. The summed E-state index contributed by atoms with van der Waals surface area (Å²) in [6.07, 6.45) is 4.58.